The van der Waals surface area contributed by atoms with Gasteiger partial charge in [0, 0.05) is 0 Å². The molecule has 0 heterocycles. The van der Waals surface area contributed by atoms with Gasteiger partial charge in [-0.25, -0.2) is 0 Å². The molecule has 0 fully saturated rings. The summed E-state index contributed by atoms with van der Waals surface area (Å²) in [4.78, 5) is 10.9. The summed E-state index contributed by atoms with van der Waals surface area (Å²) in [6, 6.07) is 10.5. The van der Waals surface area contributed by atoms with Crippen molar-refractivity contribution in [3.63, 3.8) is 0 Å². The van der Waals surface area contributed by atoms with E-state index in [9.17, 15) is 4.79 Å². The van der Waals surface area contributed by atoms with Gasteiger partial charge in [0.2, 0.25) is 0 Å². The molecule has 0 aromatic heterocycles. The van der Waals surface area contributed by atoms with Gasteiger partial charge in [-0.15, -0.1) is 0 Å². The lowest BCUT2D eigenvalue weighted by molar-refractivity contribution is -0.107. The summed E-state index contributed by atoms with van der Waals surface area (Å²) in [5.74, 6) is 0.454. The molecule has 2 heteroatoms. The van der Waals surface area contributed by atoms with Crippen LogP contribution in [0, 0.1) is 5.92 Å². The molecule has 2 unspecified atom stereocenters. The monoisotopic (exact) mass is 350 g/mol. The summed E-state index contributed by atoms with van der Waals surface area (Å²) in [5, 5.41) is 0. The van der Waals surface area contributed by atoms with Crippen LogP contribution in [0.1, 0.15) is 51.0 Å². The fraction of sp³-hybridized carbons (Fsp3) is 0.526. The predicted molar refractivity (Wildman–Crippen MR) is 94.9 cm³/mol. The molecule has 0 aliphatic carbocycles. The van der Waals surface area contributed by atoms with Crippen molar-refractivity contribution in [2.45, 2.75) is 56.7 Å². The number of allylic oxidation sites excluding steroid dienone is 1. The average Bonchev–Trinajstić information content (AvgIpc) is 2.52. The van der Waals surface area contributed by atoms with Gasteiger partial charge >= 0.3 is 0 Å². The van der Waals surface area contributed by atoms with Gasteiger partial charge < -0.3 is 4.79 Å². The maximum atomic E-state index is 10.9. The molecule has 2 atom stereocenters. The van der Waals surface area contributed by atoms with Gasteiger partial charge in [0.25, 0.3) is 0 Å². The van der Waals surface area contributed by atoms with Crippen LogP contribution in [0.2, 0.25) is 0 Å². The van der Waals surface area contributed by atoms with E-state index < -0.39 is 0 Å². The molecule has 1 aromatic carbocycles. The molecule has 116 valence electrons. The predicted octanol–water partition coefficient (Wildman–Crippen LogP) is 5.72. The normalized spacial score (nSPS) is 13.6. The first-order valence-corrected chi connectivity index (χ1v) is 8.89. The number of hydrogen-bond acceptors (Lipinski definition) is 1. The quantitative estimate of drug-likeness (QED) is 0.215. The maximum Gasteiger partial charge on any atom is 0.133 e. The van der Waals surface area contributed by atoms with Gasteiger partial charge in [0.05, 0.1) is 4.83 Å². The smallest absolute Gasteiger partial charge is 0.133 e. The minimum absolute atomic E-state index is 0.0439. The van der Waals surface area contributed by atoms with Crippen molar-refractivity contribution in [1.82, 2.24) is 0 Å². The van der Waals surface area contributed by atoms with Gasteiger partial charge in [-0.3, -0.25) is 0 Å². The van der Waals surface area contributed by atoms with E-state index in [1.807, 2.05) is 6.07 Å². The zero-order chi connectivity index (χ0) is 15.5. The standard InChI is InChI=1S/C19H27BrO/c1-3-4-6-11-18(14-19(20)15-21)16(2)12-13-17-9-7-5-8-10-17/h5,7-10,15,18-19H,2-4,6,11-14H2,1H3. The van der Waals surface area contributed by atoms with Gasteiger partial charge in [-0.2, -0.15) is 0 Å². The van der Waals surface area contributed by atoms with Crippen LogP contribution >= 0.6 is 15.9 Å². The molecule has 0 aliphatic rings. The third-order valence-electron chi connectivity index (χ3n) is 3.97. The fourth-order valence-corrected chi connectivity index (χ4v) is 3.06. The van der Waals surface area contributed by atoms with Crippen LogP contribution in [0.15, 0.2) is 42.5 Å². The first-order chi connectivity index (χ1) is 10.2. The Morgan fingerprint density at radius 1 is 1.29 bits per heavy atom. The van der Waals surface area contributed by atoms with Crippen molar-refractivity contribution in [1.29, 1.82) is 0 Å². The van der Waals surface area contributed by atoms with E-state index in [1.54, 1.807) is 0 Å². The van der Waals surface area contributed by atoms with Crippen LogP contribution in [-0.2, 0) is 11.2 Å². The summed E-state index contributed by atoms with van der Waals surface area (Å²) >= 11 is 3.44. The van der Waals surface area contributed by atoms with Crippen molar-refractivity contribution in [3.05, 3.63) is 48.0 Å². The topological polar surface area (TPSA) is 17.1 Å². The van der Waals surface area contributed by atoms with Crippen LogP contribution in [-0.4, -0.2) is 11.1 Å². The minimum atomic E-state index is -0.0439. The van der Waals surface area contributed by atoms with E-state index in [0.29, 0.717) is 5.92 Å². The molecule has 0 amide bonds. The van der Waals surface area contributed by atoms with E-state index in [-0.39, 0.29) is 4.83 Å². The minimum Gasteiger partial charge on any atom is -0.302 e. The van der Waals surface area contributed by atoms with E-state index >= 15 is 0 Å². The Morgan fingerprint density at radius 2 is 2.00 bits per heavy atom. The Labute approximate surface area is 138 Å². The second-order valence-electron chi connectivity index (χ2n) is 5.72. The molecule has 0 radical (unpaired) electrons. The van der Waals surface area contributed by atoms with Crippen LogP contribution in [0.5, 0.6) is 0 Å². The second-order valence-corrected chi connectivity index (χ2v) is 6.90. The van der Waals surface area contributed by atoms with Crippen molar-refractivity contribution in [2.75, 3.05) is 0 Å². The highest BCUT2D eigenvalue weighted by molar-refractivity contribution is 9.09. The number of aryl methyl sites for hydroxylation is 1. The number of carbonyl (C=O) groups is 1. The number of aldehydes is 1. The van der Waals surface area contributed by atoms with Gasteiger partial charge in [0.1, 0.15) is 6.29 Å². The molecular weight excluding hydrogens is 324 g/mol. The van der Waals surface area contributed by atoms with E-state index in [4.69, 9.17) is 0 Å². The SMILES string of the molecule is C=C(CCc1ccccc1)C(CCCCC)CC(Br)C=O. The van der Waals surface area contributed by atoms with Crippen molar-refractivity contribution >= 4 is 22.2 Å². The Hall–Kier alpha value is -0.890. The van der Waals surface area contributed by atoms with Crippen molar-refractivity contribution in [2.24, 2.45) is 5.92 Å². The molecule has 0 saturated carbocycles. The summed E-state index contributed by atoms with van der Waals surface area (Å²) in [6.07, 6.45) is 8.79. The molecule has 0 spiro atoms. The van der Waals surface area contributed by atoms with Gasteiger partial charge in [-0.05, 0) is 37.2 Å². The number of rotatable bonds is 11. The molecule has 0 saturated heterocycles. The second kappa shape index (κ2) is 10.8. The van der Waals surface area contributed by atoms with E-state index in [2.05, 4.69) is 53.7 Å². The van der Waals surface area contributed by atoms with Crippen molar-refractivity contribution < 1.29 is 4.79 Å². The van der Waals surface area contributed by atoms with Crippen molar-refractivity contribution in [3.8, 4) is 0 Å². The van der Waals surface area contributed by atoms with Crippen LogP contribution in [0.4, 0.5) is 0 Å². The lowest BCUT2D eigenvalue weighted by Crippen LogP contribution is -2.12. The van der Waals surface area contributed by atoms with E-state index in [1.165, 1.54) is 30.4 Å². The Bertz CT molecular complexity index is 413. The molecule has 1 rings (SSSR count). The maximum absolute atomic E-state index is 10.9. The highest BCUT2D eigenvalue weighted by Gasteiger charge is 2.16. The highest BCUT2D eigenvalue weighted by atomic mass is 79.9. The first kappa shape index (κ1) is 18.2. The molecule has 0 aliphatic heterocycles. The van der Waals surface area contributed by atoms with E-state index in [0.717, 1.165) is 32.0 Å². The molecule has 1 aromatic rings. The number of hydrogen-bond donors (Lipinski definition) is 0. The molecule has 0 bridgehead atoms. The number of alkyl halides is 1. The van der Waals surface area contributed by atoms with Crippen LogP contribution < -0.4 is 0 Å². The largest absolute Gasteiger partial charge is 0.302 e. The lowest BCUT2D eigenvalue weighted by atomic mass is 9.87. The summed E-state index contributed by atoms with van der Waals surface area (Å²) < 4.78 is 0. The molecule has 1 nitrogen and oxygen atoms in total. The van der Waals surface area contributed by atoms with Gasteiger partial charge in [0.15, 0.2) is 0 Å². The zero-order valence-electron chi connectivity index (χ0n) is 13.1. The number of halogens is 1. The Morgan fingerprint density at radius 3 is 2.62 bits per heavy atom. The average molecular weight is 351 g/mol. The van der Waals surface area contributed by atoms with Crippen LogP contribution in [0.3, 0.4) is 0 Å². The third-order valence-corrected chi connectivity index (χ3v) is 4.56. The highest BCUT2D eigenvalue weighted by Crippen LogP contribution is 2.27. The fourth-order valence-electron chi connectivity index (χ4n) is 2.61. The zero-order valence-corrected chi connectivity index (χ0v) is 14.6. The molecule has 21 heavy (non-hydrogen) atoms. The van der Waals surface area contributed by atoms with Crippen LogP contribution in [0.25, 0.3) is 0 Å². The third kappa shape index (κ3) is 7.61. The Kier molecular flexibility index (Phi) is 9.32. The summed E-state index contributed by atoms with van der Waals surface area (Å²) in [7, 11) is 0. The molecular formula is C19H27BrO. The number of benzene rings is 1. The van der Waals surface area contributed by atoms with Gasteiger partial charge in [-0.1, -0.05) is 84.6 Å². The molecule has 0 N–H and O–H groups in total. The first-order valence-electron chi connectivity index (χ1n) is 7.98. The summed E-state index contributed by atoms with van der Waals surface area (Å²) in [5.41, 5.74) is 2.65. The number of carbonyl (C=O) groups excluding carboxylic acids is 1. The lowest BCUT2D eigenvalue weighted by Gasteiger charge is -2.20. The Balaban J connectivity index is 2.50. The summed E-state index contributed by atoms with van der Waals surface area (Å²) in [6.45, 7) is 6.52. The number of unbranched alkanes of at least 4 members (excludes halogenated alkanes) is 2.